The Hall–Kier alpha value is -2.74. The SMILES string of the molecule is Cc1cc(C(=O)N[C@H]2CCO[C@@H]2c2cnn(C)c2)c2cnn(C(C)C)c2n1. The lowest BCUT2D eigenvalue weighted by molar-refractivity contribution is 0.0822. The third kappa shape index (κ3) is 3.21. The van der Waals surface area contributed by atoms with Crippen LogP contribution in [0.15, 0.2) is 24.7 Å². The fraction of sp³-hybridized carbons (Fsp3) is 0.474. The minimum absolute atomic E-state index is 0.0923. The van der Waals surface area contributed by atoms with Crippen molar-refractivity contribution in [1.29, 1.82) is 0 Å². The van der Waals surface area contributed by atoms with Crippen molar-refractivity contribution in [2.75, 3.05) is 6.61 Å². The number of aromatic nitrogens is 5. The van der Waals surface area contributed by atoms with E-state index in [-0.39, 0.29) is 24.1 Å². The summed E-state index contributed by atoms with van der Waals surface area (Å²) < 4.78 is 9.44. The molecule has 3 aromatic rings. The molecule has 1 amide bonds. The summed E-state index contributed by atoms with van der Waals surface area (Å²) in [5.74, 6) is -0.127. The van der Waals surface area contributed by atoms with Gasteiger partial charge in [-0.25, -0.2) is 9.67 Å². The molecule has 8 nitrogen and oxygen atoms in total. The van der Waals surface area contributed by atoms with Gasteiger partial charge in [-0.15, -0.1) is 0 Å². The Morgan fingerprint density at radius 3 is 2.85 bits per heavy atom. The Kier molecular flexibility index (Phi) is 4.43. The molecule has 1 aliphatic rings. The summed E-state index contributed by atoms with van der Waals surface area (Å²) in [6, 6.07) is 1.90. The van der Waals surface area contributed by atoms with Crippen molar-refractivity contribution >= 4 is 16.9 Å². The molecule has 1 fully saturated rings. The quantitative estimate of drug-likeness (QED) is 0.764. The zero-order chi connectivity index (χ0) is 19.1. The summed E-state index contributed by atoms with van der Waals surface area (Å²) in [7, 11) is 1.87. The fourth-order valence-corrected chi connectivity index (χ4v) is 3.61. The average molecular weight is 368 g/mol. The van der Waals surface area contributed by atoms with Crippen LogP contribution in [-0.4, -0.2) is 43.1 Å². The maximum atomic E-state index is 13.1. The summed E-state index contributed by atoms with van der Waals surface area (Å²) in [6.45, 7) is 6.60. The summed E-state index contributed by atoms with van der Waals surface area (Å²) in [4.78, 5) is 17.7. The summed E-state index contributed by atoms with van der Waals surface area (Å²) in [6.07, 6.45) is 6.02. The minimum Gasteiger partial charge on any atom is -0.371 e. The van der Waals surface area contributed by atoms with Gasteiger partial charge in [0.15, 0.2) is 5.65 Å². The number of hydrogen-bond donors (Lipinski definition) is 1. The second-order valence-electron chi connectivity index (χ2n) is 7.34. The zero-order valence-corrected chi connectivity index (χ0v) is 16.0. The summed E-state index contributed by atoms with van der Waals surface area (Å²) >= 11 is 0. The molecule has 1 N–H and O–H groups in total. The lowest BCUT2D eigenvalue weighted by atomic mass is 10.0. The molecule has 4 rings (SSSR count). The second-order valence-corrected chi connectivity index (χ2v) is 7.34. The van der Waals surface area contributed by atoms with Crippen LogP contribution in [-0.2, 0) is 11.8 Å². The molecular formula is C19H24N6O2. The molecule has 0 aromatic carbocycles. The first-order chi connectivity index (χ1) is 12.9. The van der Waals surface area contributed by atoms with Crippen LogP contribution in [0.2, 0.25) is 0 Å². The highest BCUT2D eigenvalue weighted by atomic mass is 16.5. The highest BCUT2D eigenvalue weighted by molar-refractivity contribution is 6.05. The number of aryl methyl sites for hydroxylation is 2. The van der Waals surface area contributed by atoms with Crippen LogP contribution in [0.4, 0.5) is 0 Å². The van der Waals surface area contributed by atoms with Gasteiger partial charge in [0.05, 0.1) is 29.4 Å². The molecule has 142 valence electrons. The molecule has 3 aromatic heterocycles. The smallest absolute Gasteiger partial charge is 0.252 e. The molecule has 4 heterocycles. The van der Waals surface area contributed by atoms with Gasteiger partial charge in [0, 0.05) is 37.2 Å². The van der Waals surface area contributed by atoms with E-state index in [2.05, 4.69) is 20.5 Å². The molecule has 1 aliphatic heterocycles. The van der Waals surface area contributed by atoms with E-state index in [4.69, 9.17) is 4.74 Å². The van der Waals surface area contributed by atoms with E-state index >= 15 is 0 Å². The normalized spacial score (nSPS) is 19.9. The van der Waals surface area contributed by atoms with E-state index in [1.807, 2.05) is 44.8 Å². The van der Waals surface area contributed by atoms with E-state index in [0.29, 0.717) is 12.2 Å². The molecule has 0 bridgehead atoms. The predicted octanol–water partition coefficient (Wildman–Crippen LogP) is 2.31. The molecule has 1 saturated heterocycles. The number of nitrogens with zero attached hydrogens (tertiary/aromatic N) is 5. The third-order valence-corrected chi connectivity index (χ3v) is 4.89. The van der Waals surface area contributed by atoms with E-state index in [0.717, 1.165) is 28.7 Å². The van der Waals surface area contributed by atoms with Crippen molar-refractivity contribution in [3.63, 3.8) is 0 Å². The second kappa shape index (κ2) is 6.77. The van der Waals surface area contributed by atoms with Gasteiger partial charge in [-0.3, -0.25) is 9.48 Å². The van der Waals surface area contributed by atoms with Crippen LogP contribution in [0.5, 0.6) is 0 Å². The molecule has 0 spiro atoms. The highest BCUT2D eigenvalue weighted by Gasteiger charge is 2.32. The largest absolute Gasteiger partial charge is 0.371 e. The van der Waals surface area contributed by atoms with Gasteiger partial charge in [-0.2, -0.15) is 10.2 Å². The van der Waals surface area contributed by atoms with Gasteiger partial charge in [-0.1, -0.05) is 0 Å². The Labute approximate surface area is 157 Å². The molecule has 0 aliphatic carbocycles. The first kappa shape index (κ1) is 17.7. The van der Waals surface area contributed by atoms with Crippen LogP contribution in [0.3, 0.4) is 0 Å². The van der Waals surface area contributed by atoms with Crippen molar-refractivity contribution in [3.8, 4) is 0 Å². The maximum Gasteiger partial charge on any atom is 0.252 e. The molecule has 27 heavy (non-hydrogen) atoms. The van der Waals surface area contributed by atoms with Gasteiger partial charge < -0.3 is 10.1 Å². The molecular weight excluding hydrogens is 344 g/mol. The fourth-order valence-electron chi connectivity index (χ4n) is 3.61. The number of ether oxygens (including phenoxy) is 1. The minimum atomic E-state index is -0.181. The highest BCUT2D eigenvalue weighted by Crippen LogP contribution is 2.29. The van der Waals surface area contributed by atoms with Crippen molar-refractivity contribution < 1.29 is 9.53 Å². The summed E-state index contributed by atoms with van der Waals surface area (Å²) in [5, 5.41) is 12.5. The number of hydrogen-bond acceptors (Lipinski definition) is 5. The topological polar surface area (TPSA) is 86.9 Å². The van der Waals surface area contributed by atoms with Gasteiger partial charge in [-0.05, 0) is 33.3 Å². The van der Waals surface area contributed by atoms with E-state index in [9.17, 15) is 4.79 Å². The average Bonchev–Trinajstić information content (AvgIpc) is 3.33. The van der Waals surface area contributed by atoms with E-state index < -0.39 is 0 Å². The van der Waals surface area contributed by atoms with Gasteiger partial charge in [0.25, 0.3) is 5.91 Å². The number of carbonyl (C=O) groups excluding carboxylic acids is 1. The Balaban J connectivity index is 1.63. The Bertz CT molecular complexity index is 989. The first-order valence-electron chi connectivity index (χ1n) is 9.20. The molecule has 2 atom stereocenters. The number of rotatable bonds is 4. The van der Waals surface area contributed by atoms with Crippen molar-refractivity contribution in [2.24, 2.45) is 7.05 Å². The molecule has 8 heteroatoms. The predicted molar refractivity (Wildman–Crippen MR) is 100 cm³/mol. The Morgan fingerprint density at radius 1 is 1.33 bits per heavy atom. The molecule has 0 saturated carbocycles. The van der Waals surface area contributed by atoms with Crippen molar-refractivity contribution in [1.82, 2.24) is 29.9 Å². The number of amides is 1. The van der Waals surface area contributed by atoms with Crippen LogP contribution in [0, 0.1) is 6.92 Å². The number of nitrogens with one attached hydrogen (secondary N) is 1. The number of fused-ring (bicyclic) bond motifs is 1. The Morgan fingerprint density at radius 2 is 2.15 bits per heavy atom. The number of pyridine rings is 1. The van der Waals surface area contributed by atoms with Gasteiger partial charge >= 0.3 is 0 Å². The van der Waals surface area contributed by atoms with Crippen molar-refractivity contribution in [2.45, 2.75) is 45.4 Å². The van der Waals surface area contributed by atoms with Gasteiger partial charge in [0.1, 0.15) is 6.10 Å². The lowest BCUT2D eigenvalue weighted by Crippen LogP contribution is -2.36. The molecule has 0 unspecified atom stereocenters. The van der Waals surface area contributed by atoms with Crippen LogP contribution in [0.25, 0.3) is 11.0 Å². The van der Waals surface area contributed by atoms with E-state index in [1.165, 1.54) is 0 Å². The van der Waals surface area contributed by atoms with Crippen molar-refractivity contribution in [3.05, 3.63) is 41.5 Å². The van der Waals surface area contributed by atoms with Crippen LogP contribution in [0.1, 0.15) is 54.0 Å². The monoisotopic (exact) mass is 368 g/mol. The van der Waals surface area contributed by atoms with Crippen LogP contribution >= 0.6 is 0 Å². The first-order valence-corrected chi connectivity index (χ1v) is 9.20. The zero-order valence-electron chi connectivity index (χ0n) is 16.0. The molecule has 0 radical (unpaired) electrons. The summed E-state index contributed by atoms with van der Waals surface area (Å²) in [5.41, 5.74) is 3.10. The number of carbonyl (C=O) groups is 1. The maximum absolute atomic E-state index is 13.1. The third-order valence-electron chi connectivity index (χ3n) is 4.89. The lowest BCUT2D eigenvalue weighted by Gasteiger charge is -2.19. The standard InChI is InChI=1S/C19H24N6O2/c1-11(2)25-18-15(9-21-25)14(7-12(3)22-18)19(26)23-16-5-6-27-17(16)13-8-20-24(4)10-13/h7-11,16-17H,5-6H2,1-4H3,(H,23,26)/t16-,17+/m0/s1. The van der Waals surface area contributed by atoms with Crippen LogP contribution < -0.4 is 5.32 Å². The van der Waals surface area contributed by atoms with Gasteiger partial charge in [0.2, 0.25) is 0 Å². The van der Waals surface area contributed by atoms with E-state index in [1.54, 1.807) is 17.1 Å².